The molecule has 0 saturated heterocycles. The molecule has 8 heteroatoms. The van der Waals surface area contributed by atoms with Gasteiger partial charge in [0.05, 0.1) is 32.8 Å². The summed E-state index contributed by atoms with van der Waals surface area (Å²) < 4.78 is 16.3. The van der Waals surface area contributed by atoms with Gasteiger partial charge in [-0.2, -0.15) is 5.26 Å². The zero-order valence-corrected chi connectivity index (χ0v) is 21.2. The predicted molar refractivity (Wildman–Crippen MR) is 130 cm³/mol. The van der Waals surface area contributed by atoms with Gasteiger partial charge in [-0.05, 0) is 15.4 Å². The molecule has 0 saturated carbocycles. The maximum absolute atomic E-state index is 12.9. The summed E-state index contributed by atoms with van der Waals surface area (Å²) in [6.45, 7) is 6.22. The Labute approximate surface area is 201 Å². The zero-order chi connectivity index (χ0) is 25.4. The number of ether oxygens (including phenoxy) is 2. The number of rotatable bonds is 10. The third-order valence-electron chi connectivity index (χ3n) is 5.70. The summed E-state index contributed by atoms with van der Waals surface area (Å²) >= 11 is 0. The van der Waals surface area contributed by atoms with Gasteiger partial charge >= 0.3 is 11.9 Å². The Balaban J connectivity index is 2.63. The van der Waals surface area contributed by atoms with Gasteiger partial charge in [0.25, 0.3) is 8.32 Å². The first-order valence-electron chi connectivity index (χ1n) is 11.0. The molecule has 2 atom stereocenters. The van der Waals surface area contributed by atoms with Crippen molar-refractivity contribution in [3.8, 4) is 6.07 Å². The number of hydrogen-bond donors (Lipinski definition) is 0. The van der Waals surface area contributed by atoms with Gasteiger partial charge in [0.2, 0.25) is 5.92 Å². The van der Waals surface area contributed by atoms with Crippen LogP contribution in [0, 0.1) is 17.2 Å². The van der Waals surface area contributed by atoms with Crippen LogP contribution in [0.1, 0.15) is 33.6 Å². The van der Waals surface area contributed by atoms with E-state index in [0.717, 1.165) is 17.5 Å². The summed E-state index contributed by atoms with van der Waals surface area (Å²) in [4.78, 5) is 37.2. The maximum Gasteiger partial charge on any atom is 0.330 e. The SMILES string of the molecule is COC(=O)CC(CC(=O)C(C#N)C(=O)OC)O[Si](c1ccccc1)(c1ccccc1)C(C)(C)C. The minimum absolute atomic E-state index is 0.202. The Bertz CT molecular complexity index is 987. The second-order valence-corrected chi connectivity index (χ2v) is 13.2. The number of carbonyl (C=O) groups is 3. The highest BCUT2D eigenvalue weighted by Gasteiger charge is 2.52. The second-order valence-electron chi connectivity index (χ2n) is 8.94. The molecule has 0 N–H and O–H groups in total. The molecule has 2 aromatic carbocycles. The molecule has 2 rings (SSSR count). The lowest BCUT2D eigenvalue weighted by Gasteiger charge is -2.45. The van der Waals surface area contributed by atoms with Gasteiger partial charge in [0.1, 0.15) is 0 Å². The molecular formula is C26H31NO6Si. The molecule has 0 aliphatic carbocycles. The van der Waals surface area contributed by atoms with E-state index in [-0.39, 0.29) is 12.8 Å². The van der Waals surface area contributed by atoms with E-state index in [1.807, 2.05) is 60.7 Å². The maximum atomic E-state index is 12.9. The molecule has 0 amide bonds. The number of ketones is 1. The Morgan fingerprint density at radius 2 is 1.38 bits per heavy atom. The van der Waals surface area contributed by atoms with Crippen LogP contribution in [-0.2, 0) is 28.3 Å². The summed E-state index contributed by atoms with van der Waals surface area (Å²) in [6.07, 6.45) is -1.43. The molecule has 34 heavy (non-hydrogen) atoms. The van der Waals surface area contributed by atoms with Crippen molar-refractivity contribution in [1.29, 1.82) is 5.26 Å². The standard InChI is InChI=1S/C26H31NO6Si/c1-26(2,3)34(20-12-8-6-9-13-20,21-14-10-7-11-15-21)33-19(17-24(29)31-4)16-23(28)22(18-27)25(30)32-5/h6-15,19,22H,16-17H2,1-5H3. The fraction of sp³-hybridized carbons (Fsp3) is 0.385. The average molecular weight is 482 g/mol. The summed E-state index contributed by atoms with van der Waals surface area (Å²) in [5.74, 6) is -3.74. The zero-order valence-electron chi connectivity index (χ0n) is 20.2. The van der Waals surface area contributed by atoms with Gasteiger partial charge in [-0.15, -0.1) is 0 Å². The molecule has 0 bridgehead atoms. The Hall–Kier alpha value is -3.28. The van der Waals surface area contributed by atoms with Crippen LogP contribution < -0.4 is 10.4 Å². The van der Waals surface area contributed by atoms with Crippen LogP contribution in [-0.4, -0.2) is 46.4 Å². The number of benzene rings is 2. The summed E-state index contributed by atoms with van der Waals surface area (Å²) in [6, 6.07) is 21.2. The average Bonchev–Trinajstić information content (AvgIpc) is 2.82. The highest BCUT2D eigenvalue weighted by molar-refractivity contribution is 6.99. The predicted octanol–water partition coefficient (Wildman–Crippen LogP) is 2.77. The minimum atomic E-state index is -3.10. The van der Waals surface area contributed by atoms with Crippen molar-refractivity contribution in [2.75, 3.05) is 14.2 Å². The van der Waals surface area contributed by atoms with Gasteiger partial charge in [-0.25, -0.2) is 0 Å². The number of carbonyl (C=O) groups excluding carboxylic acids is 3. The third-order valence-corrected chi connectivity index (χ3v) is 10.8. The Morgan fingerprint density at radius 1 is 0.882 bits per heavy atom. The fourth-order valence-electron chi connectivity index (χ4n) is 4.08. The van der Waals surface area contributed by atoms with Crippen LogP contribution >= 0.6 is 0 Å². The lowest BCUT2D eigenvalue weighted by atomic mass is 9.99. The van der Waals surface area contributed by atoms with E-state index in [2.05, 4.69) is 25.5 Å². The normalized spacial score (nSPS) is 13.3. The number of nitriles is 1. The fourth-order valence-corrected chi connectivity index (χ4v) is 8.76. The van der Waals surface area contributed by atoms with Gasteiger partial charge in [-0.1, -0.05) is 81.4 Å². The second kappa shape index (κ2) is 11.7. The van der Waals surface area contributed by atoms with E-state index in [1.54, 1.807) is 6.07 Å². The molecule has 0 heterocycles. The third kappa shape index (κ3) is 5.98. The van der Waals surface area contributed by atoms with E-state index < -0.39 is 43.1 Å². The van der Waals surface area contributed by atoms with Crippen molar-refractivity contribution in [2.45, 2.75) is 44.8 Å². The van der Waals surface area contributed by atoms with Gasteiger partial charge in [0.15, 0.2) is 5.78 Å². The number of methoxy groups -OCH3 is 2. The largest absolute Gasteiger partial charge is 0.469 e. The highest BCUT2D eigenvalue weighted by Crippen LogP contribution is 2.38. The topological polar surface area (TPSA) is 103 Å². The van der Waals surface area contributed by atoms with Crippen LogP contribution in [0.4, 0.5) is 0 Å². The van der Waals surface area contributed by atoms with E-state index in [1.165, 1.54) is 7.11 Å². The summed E-state index contributed by atoms with van der Waals surface area (Å²) in [5, 5.41) is 10.9. The first-order chi connectivity index (χ1) is 16.1. The molecule has 0 aliphatic rings. The lowest BCUT2D eigenvalue weighted by molar-refractivity contribution is -0.147. The summed E-state index contributed by atoms with van der Waals surface area (Å²) in [7, 11) is -0.722. The van der Waals surface area contributed by atoms with Crippen molar-refractivity contribution in [3.63, 3.8) is 0 Å². The van der Waals surface area contributed by atoms with Crippen molar-refractivity contribution in [2.24, 2.45) is 5.92 Å². The molecule has 7 nitrogen and oxygen atoms in total. The molecule has 2 aromatic rings. The molecule has 0 spiro atoms. The quantitative estimate of drug-likeness (QED) is 0.292. The van der Waals surface area contributed by atoms with E-state index in [0.29, 0.717) is 0 Å². The first kappa shape index (κ1) is 27.0. The molecule has 0 aromatic heterocycles. The van der Waals surface area contributed by atoms with E-state index in [4.69, 9.17) is 9.16 Å². The number of nitrogens with zero attached hydrogens (tertiary/aromatic N) is 1. The molecule has 0 fully saturated rings. The van der Waals surface area contributed by atoms with Crippen molar-refractivity contribution < 1.29 is 28.3 Å². The first-order valence-corrected chi connectivity index (χ1v) is 12.9. The molecular weight excluding hydrogens is 450 g/mol. The number of esters is 2. The van der Waals surface area contributed by atoms with Crippen LogP contribution in [0.15, 0.2) is 60.7 Å². The van der Waals surface area contributed by atoms with Crippen LogP contribution in [0.3, 0.4) is 0 Å². The van der Waals surface area contributed by atoms with Crippen molar-refractivity contribution in [1.82, 2.24) is 0 Å². The molecule has 0 radical (unpaired) electrons. The Morgan fingerprint density at radius 3 is 1.76 bits per heavy atom. The van der Waals surface area contributed by atoms with Gasteiger partial charge in [0, 0.05) is 6.42 Å². The molecule has 2 unspecified atom stereocenters. The number of Topliss-reactive ketones (excluding diaryl/α,β-unsaturated/α-hetero) is 1. The molecule has 180 valence electrons. The monoisotopic (exact) mass is 481 g/mol. The molecule has 0 aliphatic heterocycles. The van der Waals surface area contributed by atoms with Gasteiger partial charge < -0.3 is 13.9 Å². The smallest absolute Gasteiger partial charge is 0.330 e. The van der Waals surface area contributed by atoms with Crippen molar-refractivity contribution >= 4 is 36.4 Å². The number of hydrogen-bond acceptors (Lipinski definition) is 7. The van der Waals surface area contributed by atoms with E-state index in [9.17, 15) is 19.6 Å². The van der Waals surface area contributed by atoms with Crippen LogP contribution in [0.5, 0.6) is 0 Å². The van der Waals surface area contributed by atoms with Crippen LogP contribution in [0.25, 0.3) is 0 Å². The Kier molecular flexibility index (Phi) is 9.30. The van der Waals surface area contributed by atoms with Crippen LogP contribution in [0.2, 0.25) is 5.04 Å². The highest BCUT2D eigenvalue weighted by atomic mass is 28.4. The van der Waals surface area contributed by atoms with Gasteiger partial charge in [-0.3, -0.25) is 14.4 Å². The summed E-state index contributed by atoms with van der Waals surface area (Å²) in [5.41, 5.74) is 0. The minimum Gasteiger partial charge on any atom is -0.469 e. The lowest BCUT2D eigenvalue weighted by Crippen LogP contribution is -2.68. The van der Waals surface area contributed by atoms with Crippen molar-refractivity contribution in [3.05, 3.63) is 60.7 Å². The van der Waals surface area contributed by atoms with E-state index >= 15 is 0 Å².